The van der Waals surface area contributed by atoms with E-state index in [0.717, 1.165) is 22.1 Å². The quantitative estimate of drug-likeness (QED) is 0.715. The SMILES string of the molecule is Cc1cccc2cc(C(N)c3cc(Cl)cc(Cl)c3)oc12. The summed E-state index contributed by atoms with van der Waals surface area (Å²) in [6, 6.07) is 12.9. The molecule has 20 heavy (non-hydrogen) atoms. The average molecular weight is 306 g/mol. The molecule has 1 aromatic heterocycles. The first-order valence-electron chi connectivity index (χ1n) is 6.25. The van der Waals surface area contributed by atoms with Crippen molar-refractivity contribution in [2.45, 2.75) is 13.0 Å². The van der Waals surface area contributed by atoms with E-state index in [4.69, 9.17) is 33.4 Å². The molecule has 102 valence electrons. The largest absolute Gasteiger partial charge is 0.459 e. The average Bonchev–Trinajstić information content (AvgIpc) is 2.82. The Labute approximate surface area is 127 Å². The van der Waals surface area contributed by atoms with E-state index in [1.165, 1.54) is 0 Å². The predicted octanol–water partition coefficient (Wildman–Crippen LogP) is 5.10. The van der Waals surface area contributed by atoms with Crippen LogP contribution in [-0.2, 0) is 0 Å². The maximum absolute atomic E-state index is 6.26. The summed E-state index contributed by atoms with van der Waals surface area (Å²) in [5.41, 5.74) is 9.04. The maximum atomic E-state index is 6.26. The van der Waals surface area contributed by atoms with Gasteiger partial charge in [0, 0.05) is 15.4 Å². The molecule has 0 aliphatic rings. The summed E-state index contributed by atoms with van der Waals surface area (Å²) >= 11 is 12.0. The number of furan rings is 1. The van der Waals surface area contributed by atoms with Gasteiger partial charge in [0.1, 0.15) is 11.3 Å². The molecule has 1 unspecified atom stereocenters. The highest BCUT2D eigenvalue weighted by atomic mass is 35.5. The third-order valence-corrected chi connectivity index (χ3v) is 3.75. The van der Waals surface area contributed by atoms with Gasteiger partial charge < -0.3 is 10.2 Å². The van der Waals surface area contributed by atoms with Crippen molar-refractivity contribution >= 4 is 34.2 Å². The van der Waals surface area contributed by atoms with E-state index in [1.807, 2.05) is 31.2 Å². The number of aryl methyl sites for hydroxylation is 1. The molecular formula is C16H13Cl2NO. The van der Waals surface area contributed by atoms with Gasteiger partial charge in [-0.2, -0.15) is 0 Å². The van der Waals surface area contributed by atoms with Gasteiger partial charge in [-0.25, -0.2) is 0 Å². The number of halogens is 2. The van der Waals surface area contributed by atoms with E-state index < -0.39 is 6.04 Å². The van der Waals surface area contributed by atoms with Crippen molar-refractivity contribution < 1.29 is 4.42 Å². The molecule has 1 atom stereocenters. The second kappa shape index (κ2) is 5.13. The molecule has 0 bridgehead atoms. The molecule has 2 nitrogen and oxygen atoms in total. The van der Waals surface area contributed by atoms with E-state index in [0.29, 0.717) is 15.8 Å². The molecule has 0 aliphatic carbocycles. The third kappa shape index (κ3) is 2.42. The minimum atomic E-state index is -0.391. The Morgan fingerprint density at radius 2 is 1.75 bits per heavy atom. The molecule has 3 aromatic rings. The number of nitrogens with two attached hydrogens (primary N) is 1. The summed E-state index contributed by atoms with van der Waals surface area (Å²) in [6.45, 7) is 2.01. The highest BCUT2D eigenvalue weighted by Crippen LogP contribution is 2.30. The van der Waals surface area contributed by atoms with Crippen molar-refractivity contribution in [1.29, 1.82) is 0 Å². The van der Waals surface area contributed by atoms with Crippen LogP contribution in [0, 0.1) is 6.92 Å². The molecule has 0 saturated carbocycles. The number of hydrogen-bond acceptors (Lipinski definition) is 2. The van der Waals surface area contributed by atoms with Crippen LogP contribution in [-0.4, -0.2) is 0 Å². The topological polar surface area (TPSA) is 39.2 Å². The molecule has 4 heteroatoms. The van der Waals surface area contributed by atoms with Crippen LogP contribution in [0.25, 0.3) is 11.0 Å². The van der Waals surface area contributed by atoms with Crippen molar-refractivity contribution in [3.8, 4) is 0 Å². The second-order valence-corrected chi connectivity index (χ2v) is 5.70. The third-order valence-electron chi connectivity index (χ3n) is 3.31. The lowest BCUT2D eigenvalue weighted by atomic mass is 10.1. The zero-order chi connectivity index (χ0) is 14.3. The smallest absolute Gasteiger partial charge is 0.137 e. The van der Waals surface area contributed by atoms with Gasteiger partial charge in [-0.15, -0.1) is 0 Å². The van der Waals surface area contributed by atoms with Gasteiger partial charge >= 0.3 is 0 Å². The van der Waals surface area contributed by atoms with Crippen molar-refractivity contribution in [2.24, 2.45) is 5.73 Å². The molecule has 0 aliphatic heterocycles. The molecule has 0 saturated heterocycles. The van der Waals surface area contributed by atoms with Crippen LogP contribution in [0.2, 0.25) is 10.0 Å². The highest BCUT2D eigenvalue weighted by Gasteiger charge is 2.16. The first kappa shape index (κ1) is 13.5. The van der Waals surface area contributed by atoms with Crippen molar-refractivity contribution in [3.63, 3.8) is 0 Å². The minimum Gasteiger partial charge on any atom is -0.459 e. The first-order valence-corrected chi connectivity index (χ1v) is 7.01. The monoisotopic (exact) mass is 305 g/mol. The Morgan fingerprint density at radius 3 is 2.40 bits per heavy atom. The molecule has 0 amide bonds. The molecular weight excluding hydrogens is 293 g/mol. The number of benzene rings is 2. The lowest BCUT2D eigenvalue weighted by Crippen LogP contribution is -2.10. The number of para-hydroxylation sites is 1. The van der Waals surface area contributed by atoms with Crippen LogP contribution >= 0.6 is 23.2 Å². The Hall–Kier alpha value is -1.48. The fraction of sp³-hybridized carbons (Fsp3) is 0.125. The van der Waals surface area contributed by atoms with E-state index in [1.54, 1.807) is 18.2 Å². The van der Waals surface area contributed by atoms with E-state index in [2.05, 4.69) is 0 Å². The van der Waals surface area contributed by atoms with Crippen molar-refractivity contribution in [2.75, 3.05) is 0 Å². The van der Waals surface area contributed by atoms with Gasteiger partial charge in [-0.1, -0.05) is 41.4 Å². The number of rotatable bonds is 2. The van der Waals surface area contributed by atoms with E-state index in [9.17, 15) is 0 Å². The van der Waals surface area contributed by atoms with Crippen LogP contribution in [0.5, 0.6) is 0 Å². The predicted molar refractivity (Wildman–Crippen MR) is 83.4 cm³/mol. The summed E-state index contributed by atoms with van der Waals surface area (Å²) in [4.78, 5) is 0. The molecule has 0 spiro atoms. The van der Waals surface area contributed by atoms with Crippen LogP contribution in [0.3, 0.4) is 0 Å². The van der Waals surface area contributed by atoms with Gasteiger partial charge in [-0.3, -0.25) is 0 Å². The van der Waals surface area contributed by atoms with Gasteiger partial charge in [0.05, 0.1) is 6.04 Å². The molecule has 3 rings (SSSR count). The zero-order valence-corrected chi connectivity index (χ0v) is 12.4. The first-order chi connectivity index (χ1) is 9.54. The van der Waals surface area contributed by atoms with E-state index in [-0.39, 0.29) is 0 Å². The second-order valence-electron chi connectivity index (χ2n) is 4.82. The van der Waals surface area contributed by atoms with Gasteiger partial charge in [-0.05, 0) is 42.3 Å². The van der Waals surface area contributed by atoms with Gasteiger partial charge in [0.25, 0.3) is 0 Å². The summed E-state index contributed by atoms with van der Waals surface area (Å²) in [5.74, 6) is 0.702. The van der Waals surface area contributed by atoms with Crippen LogP contribution in [0.15, 0.2) is 46.9 Å². The highest BCUT2D eigenvalue weighted by molar-refractivity contribution is 6.34. The Balaban J connectivity index is 2.07. The maximum Gasteiger partial charge on any atom is 0.137 e. The summed E-state index contributed by atoms with van der Waals surface area (Å²) in [7, 11) is 0. The Morgan fingerprint density at radius 1 is 1.05 bits per heavy atom. The van der Waals surface area contributed by atoms with Gasteiger partial charge in [0.2, 0.25) is 0 Å². The molecule has 0 fully saturated rings. The summed E-state index contributed by atoms with van der Waals surface area (Å²) in [6.07, 6.45) is 0. The zero-order valence-electron chi connectivity index (χ0n) is 10.9. The lowest BCUT2D eigenvalue weighted by molar-refractivity contribution is 0.523. The Bertz CT molecular complexity index is 759. The van der Waals surface area contributed by atoms with Gasteiger partial charge in [0.15, 0.2) is 0 Å². The minimum absolute atomic E-state index is 0.391. The molecule has 2 aromatic carbocycles. The Kier molecular flexibility index (Phi) is 3.47. The molecule has 0 radical (unpaired) electrons. The number of fused-ring (bicyclic) bond motifs is 1. The lowest BCUT2D eigenvalue weighted by Gasteiger charge is -2.10. The molecule has 2 N–H and O–H groups in total. The summed E-state index contributed by atoms with van der Waals surface area (Å²) < 4.78 is 5.88. The fourth-order valence-corrected chi connectivity index (χ4v) is 2.84. The van der Waals surface area contributed by atoms with Crippen molar-refractivity contribution in [1.82, 2.24) is 0 Å². The van der Waals surface area contributed by atoms with Crippen LogP contribution < -0.4 is 5.73 Å². The fourth-order valence-electron chi connectivity index (χ4n) is 2.30. The number of hydrogen-bond donors (Lipinski definition) is 1. The normalized spacial score (nSPS) is 12.8. The van der Waals surface area contributed by atoms with Crippen molar-refractivity contribution in [3.05, 3.63) is 69.4 Å². The molecule has 1 heterocycles. The standard InChI is InChI=1S/C16H13Cl2NO/c1-9-3-2-4-10-7-14(20-16(9)10)15(19)11-5-12(17)8-13(18)6-11/h2-8,15H,19H2,1H3. The van der Waals surface area contributed by atoms with Crippen LogP contribution in [0.1, 0.15) is 22.9 Å². The van der Waals surface area contributed by atoms with E-state index >= 15 is 0 Å². The summed E-state index contributed by atoms with van der Waals surface area (Å²) in [5, 5.41) is 2.18. The van der Waals surface area contributed by atoms with Crippen LogP contribution in [0.4, 0.5) is 0 Å².